The van der Waals surface area contributed by atoms with E-state index in [-0.39, 0.29) is 23.8 Å². The number of anilines is 1. The lowest BCUT2D eigenvalue weighted by atomic mass is 10.1. The number of pyridine rings is 1. The summed E-state index contributed by atoms with van der Waals surface area (Å²) in [6, 6.07) is 9.52. The second-order valence-corrected chi connectivity index (χ2v) is 6.56. The van der Waals surface area contributed by atoms with Gasteiger partial charge in [0, 0.05) is 18.3 Å². The molecule has 0 bridgehead atoms. The van der Waals surface area contributed by atoms with Gasteiger partial charge in [-0.3, -0.25) is 14.6 Å². The maximum Gasteiger partial charge on any atom is 0.340 e. The molecule has 29 heavy (non-hydrogen) atoms. The average molecular weight is 398 g/mol. The van der Waals surface area contributed by atoms with Crippen LogP contribution in [-0.2, 0) is 4.74 Å². The minimum absolute atomic E-state index is 0.0737. The smallest absolute Gasteiger partial charge is 0.340 e. The largest absolute Gasteiger partial charge is 0.462 e. The van der Waals surface area contributed by atoms with E-state index in [0.717, 1.165) is 13.0 Å². The van der Waals surface area contributed by atoms with Crippen LogP contribution in [0.25, 0.3) is 0 Å². The summed E-state index contributed by atoms with van der Waals surface area (Å²) < 4.78 is 5.01. The van der Waals surface area contributed by atoms with Gasteiger partial charge in [0.25, 0.3) is 11.8 Å². The Hall–Kier alpha value is -3.26. The topological polar surface area (TPSA) is 101 Å². The highest BCUT2D eigenvalue weighted by atomic mass is 16.5. The number of aromatic nitrogens is 1. The van der Waals surface area contributed by atoms with Crippen molar-refractivity contribution in [2.24, 2.45) is 0 Å². The van der Waals surface area contributed by atoms with Crippen molar-refractivity contribution < 1.29 is 19.1 Å². The van der Waals surface area contributed by atoms with Crippen molar-refractivity contribution in [3.8, 4) is 0 Å². The molecular formula is C21H26N4O4. The van der Waals surface area contributed by atoms with Crippen molar-refractivity contribution in [1.29, 1.82) is 0 Å². The fourth-order valence-electron chi connectivity index (χ4n) is 2.56. The fourth-order valence-corrected chi connectivity index (χ4v) is 2.56. The molecule has 154 valence electrons. The van der Waals surface area contributed by atoms with Gasteiger partial charge in [0.15, 0.2) is 0 Å². The number of carbonyl (C=O) groups excluding carboxylic acids is 3. The van der Waals surface area contributed by atoms with E-state index in [1.165, 1.54) is 12.3 Å². The second kappa shape index (κ2) is 10.9. The van der Waals surface area contributed by atoms with Crippen molar-refractivity contribution in [1.82, 2.24) is 15.2 Å². The number of nitrogens with zero attached hydrogens (tertiary/aromatic N) is 2. The summed E-state index contributed by atoms with van der Waals surface area (Å²) in [7, 11) is 3.94. The standard InChI is InChI=1S/C21H26N4O4/c1-4-29-21(28)16-8-5-6-9-17(16)24-20(27)18-14-15(10-12-22-18)19(26)23-11-7-13-25(2)3/h5-6,8-10,12,14H,4,7,11,13H2,1-3H3,(H,23,26)(H,24,27). The Labute approximate surface area is 170 Å². The van der Waals surface area contributed by atoms with Crippen molar-refractivity contribution in [2.45, 2.75) is 13.3 Å². The molecule has 2 N–H and O–H groups in total. The Morgan fingerprint density at radius 3 is 2.59 bits per heavy atom. The van der Waals surface area contributed by atoms with E-state index in [0.29, 0.717) is 17.8 Å². The average Bonchev–Trinajstić information content (AvgIpc) is 2.71. The zero-order valence-corrected chi connectivity index (χ0v) is 16.9. The number of para-hydroxylation sites is 1. The second-order valence-electron chi connectivity index (χ2n) is 6.56. The van der Waals surface area contributed by atoms with Crippen LogP contribution in [0.15, 0.2) is 42.6 Å². The molecule has 2 aromatic rings. The van der Waals surface area contributed by atoms with E-state index in [9.17, 15) is 14.4 Å². The van der Waals surface area contributed by atoms with Crippen LogP contribution in [0.5, 0.6) is 0 Å². The number of nitrogens with one attached hydrogen (secondary N) is 2. The summed E-state index contributed by atoms with van der Waals surface area (Å²) in [5.74, 6) is -1.32. The highest BCUT2D eigenvalue weighted by Crippen LogP contribution is 2.17. The number of esters is 1. The van der Waals surface area contributed by atoms with Crippen LogP contribution in [0.1, 0.15) is 44.5 Å². The van der Waals surface area contributed by atoms with E-state index < -0.39 is 11.9 Å². The van der Waals surface area contributed by atoms with Crippen LogP contribution in [0.3, 0.4) is 0 Å². The first-order valence-corrected chi connectivity index (χ1v) is 9.39. The van der Waals surface area contributed by atoms with Crippen molar-refractivity contribution in [2.75, 3.05) is 39.1 Å². The van der Waals surface area contributed by atoms with Gasteiger partial charge < -0.3 is 20.3 Å². The third-order valence-corrected chi connectivity index (χ3v) is 3.99. The highest BCUT2D eigenvalue weighted by Gasteiger charge is 2.16. The van der Waals surface area contributed by atoms with Crippen LogP contribution in [0, 0.1) is 0 Å². The molecule has 0 atom stereocenters. The van der Waals surface area contributed by atoms with Crippen LogP contribution in [0.2, 0.25) is 0 Å². The molecule has 1 aromatic heterocycles. The van der Waals surface area contributed by atoms with Gasteiger partial charge in [-0.25, -0.2) is 4.79 Å². The molecule has 0 radical (unpaired) electrons. The Morgan fingerprint density at radius 2 is 1.86 bits per heavy atom. The van der Waals surface area contributed by atoms with Crippen LogP contribution < -0.4 is 10.6 Å². The Morgan fingerprint density at radius 1 is 1.10 bits per heavy atom. The molecule has 8 heteroatoms. The van der Waals surface area contributed by atoms with Crippen LogP contribution in [0.4, 0.5) is 5.69 Å². The molecule has 0 aliphatic carbocycles. The normalized spacial score (nSPS) is 10.5. The molecule has 0 aliphatic rings. The zero-order valence-electron chi connectivity index (χ0n) is 16.9. The molecule has 0 aliphatic heterocycles. The zero-order chi connectivity index (χ0) is 21.2. The predicted molar refractivity (Wildman–Crippen MR) is 110 cm³/mol. The number of benzene rings is 1. The van der Waals surface area contributed by atoms with Crippen LogP contribution in [-0.4, -0.2) is 61.5 Å². The van der Waals surface area contributed by atoms with Gasteiger partial charge in [-0.1, -0.05) is 12.1 Å². The number of hydrogen-bond donors (Lipinski definition) is 2. The molecule has 0 fully saturated rings. The van der Waals surface area contributed by atoms with Gasteiger partial charge in [-0.2, -0.15) is 0 Å². The lowest BCUT2D eigenvalue weighted by molar-refractivity contribution is 0.0527. The Kier molecular flexibility index (Phi) is 8.29. The van der Waals surface area contributed by atoms with E-state index in [1.54, 1.807) is 37.3 Å². The third-order valence-electron chi connectivity index (χ3n) is 3.99. The van der Waals surface area contributed by atoms with E-state index in [2.05, 4.69) is 15.6 Å². The fraction of sp³-hybridized carbons (Fsp3) is 0.333. The SMILES string of the molecule is CCOC(=O)c1ccccc1NC(=O)c1cc(C(=O)NCCCN(C)C)ccn1. The lowest BCUT2D eigenvalue weighted by Crippen LogP contribution is -2.27. The molecule has 2 amide bonds. The molecule has 0 saturated carbocycles. The monoisotopic (exact) mass is 398 g/mol. The number of carbonyl (C=O) groups is 3. The lowest BCUT2D eigenvalue weighted by Gasteiger charge is -2.11. The molecule has 1 heterocycles. The number of amides is 2. The maximum atomic E-state index is 12.6. The summed E-state index contributed by atoms with van der Waals surface area (Å²) in [4.78, 5) is 43.0. The Balaban J connectivity index is 2.06. The molecule has 0 spiro atoms. The van der Waals surface area contributed by atoms with Gasteiger partial charge in [-0.05, 0) is 58.3 Å². The van der Waals surface area contributed by atoms with Crippen LogP contribution >= 0.6 is 0 Å². The minimum Gasteiger partial charge on any atom is -0.462 e. The van der Waals surface area contributed by atoms with Gasteiger partial charge in [0.05, 0.1) is 17.9 Å². The summed E-state index contributed by atoms with van der Waals surface area (Å²) in [5.41, 5.74) is 0.979. The van der Waals surface area contributed by atoms with E-state index >= 15 is 0 Å². The van der Waals surface area contributed by atoms with Crippen molar-refractivity contribution >= 4 is 23.5 Å². The van der Waals surface area contributed by atoms with Gasteiger partial charge >= 0.3 is 5.97 Å². The molecule has 0 unspecified atom stereocenters. The molecular weight excluding hydrogens is 372 g/mol. The third kappa shape index (κ3) is 6.69. The number of ether oxygens (including phenoxy) is 1. The molecule has 1 aromatic carbocycles. The molecule has 0 saturated heterocycles. The molecule has 2 rings (SSSR count). The first-order chi connectivity index (χ1) is 13.9. The highest BCUT2D eigenvalue weighted by molar-refractivity contribution is 6.08. The van der Waals surface area contributed by atoms with Crippen molar-refractivity contribution in [3.63, 3.8) is 0 Å². The summed E-state index contributed by atoms with van der Waals surface area (Å²) in [5, 5.41) is 5.48. The summed E-state index contributed by atoms with van der Waals surface area (Å²) in [6.45, 7) is 3.34. The quantitative estimate of drug-likeness (QED) is 0.496. The summed E-state index contributed by atoms with van der Waals surface area (Å²) >= 11 is 0. The van der Waals surface area contributed by atoms with Gasteiger partial charge in [-0.15, -0.1) is 0 Å². The van der Waals surface area contributed by atoms with Gasteiger partial charge in [0.2, 0.25) is 0 Å². The van der Waals surface area contributed by atoms with Gasteiger partial charge in [0.1, 0.15) is 5.69 Å². The van der Waals surface area contributed by atoms with Crippen molar-refractivity contribution in [3.05, 3.63) is 59.4 Å². The number of hydrogen-bond acceptors (Lipinski definition) is 6. The Bertz CT molecular complexity index is 867. The minimum atomic E-state index is -0.526. The first-order valence-electron chi connectivity index (χ1n) is 9.39. The first kappa shape index (κ1) is 22.0. The maximum absolute atomic E-state index is 12.6. The summed E-state index contributed by atoms with van der Waals surface area (Å²) in [6.07, 6.45) is 2.22. The van der Waals surface area contributed by atoms with E-state index in [1.807, 2.05) is 19.0 Å². The number of rotatable bonds is 9. The van der Waals surface area contributed by atoms with E-state index in [4.69, 9.17) is 4.74 Å². The molecule has 8 nitrogen and oxygen atoms in total. The predicted octanol–water partition coefficient (Wildman–Crippen LogP) is 2.19.